The second kappa shape index (κ2) is 5.98. The highest BCUT2D eigenvalue weighted by molar-refractivity contribution is 5.81. The molecule has 0 aromatic heterocycles. The van der Waals surface area contributed by atoms with Crippen LogP contribution in [0, 0.1) is 0 Å². The van der Waals surface area contributed by atoms with Crippen LogP contribution in [0.2, 0.25) is 0 Å². The molecule has 3 heteroatoms. The van der Waals surface area contributed by atoms with Gasteiger partial charge in [-0.05, 0) is 12.0 Å². The standard InChI is InChI=1S/C12H15NO2/c1-15-12(14)8-7-11(13)9-10-5-3-2-4-6-10/h2-8,11H,9,13H2,1H3/b8-7+. The van der Waals surface area contributed by atoms with Gasteiger partial charge >= 0.3 is 5.97 Å². The lowest BCUT2D eigenvalue weighted by Gasteiger charge is -2.05. The molecular weight excluding hydrogens is 190 g/mol. The van der Waals surface area contributed by atoms with Crippen LogP contribution in [-0.4, -0.2) is 19.1 Å². The zero-order valence-corrected chi connectivity index (χ0v) is 8.72. The van der Waals surface area contributed by atoms with Gasteiger partial charge in [0.15, 0.2) is 0 Å². The Bertz CT molecular complexity index is 333. The third-order valence-electron chi connectivity index (χ3n) is 1.99. The van der Waals surface area contributed by atoms with E-state index in [1.807, 2.05) is 30.3 Å². The summed E-state index contributed by atoms with van der Waals surface area (Å²) < 4.78 is 4.47. The number of benzene rings is 1. The van der Waals surface area contributed by atoms with Gasteiger partial charge in [-0.1, -0.05) is 36.4 Å². The van der Waals surface area contributed by atoms with E-state index in [-0.39, 0.29) is 12.0 Å². The average Bonchev–Trinajstić information content (AvgIpc) is 2.27. The summed E-state index contributed by atoms with van der Waals surface area (Å²) >= 11 is 0. The van der Waals surface area contributed by atoms with Gasteiger partial charge in [-0.25, -0.2) is 4.79 Å². The third kappa shape index (κ3) is 4.42. The highest BCUT2D eigenvalue weighted by atomic mass is 16.5. The van der Waals surface area contributed by atoms with Gasteiger partial charge in [0.05, 0.1) is 7.11 Å². The molecule has 0 saturated heterocycles. The number of ether oxygens (including phenoxy) is 1. The van der Waals surface area contributed by atoms with E-state index in [9.17, 15) is 4.79 Å². The first kappa shape index (κ1) is 11.5. The van der Waals surface area contributed by atoms with E-state index in [0.29, 0.717) is 6.42 Å². The number of hydrogen-bond acceptors (Lipinski definition) is 3. The smallest absolute Gasteiger partial charge is 0.330 e. The minimum Gasteiger partial charge on any atom is -0.466 e. The second-order valence-electron chi connectivity index (χ2n) is 3.24. The predicted molar refractivity (Wildman–Crippen MR) is 59.3 cm³/mol. The molecule has 0 aliphatic rings. The summed E-state index contributed by atoms with van der Waals surface area (Å²) in [7, 11) is 1.34. The van der Waals surface area contributed by atoms with Crippen LogP contribution in [0.5, 0.6) is 0 Å². The Morgan fingerprint density at radius 2 is 2.13 bits per heavy atom. The van der Waals surface area contributed by atoms with Crippen LogP contribution < -0.4 is 5.73 Å². The minimum atomic E-state index is -0.376. The molecule has 1 unspecified atom stereocenters. The minimum absolute atomic E-state index is 0.161. The molecule has 1 atom stereocenters. The Balaban J connectivity index is 2.46. The van der Waals surface area contributed by atoms with Crippen molar-refractivity contribution in [1.29, 1.82) is 0 Å². The van der Waals surface area contributed by atoms with Crippen LogP contribution in [0.1, 0.15) is 5.56 Å². The number of methoxy groups -OCH3 is 1. The summed E-state index contributed by atoms with van der Waals surface area (Å²) in [6, 6.07) is 9.74. The lowest BCUT2D eigenvalue weighted by molar-refractivity contribution is -0.134. The van der Waals surface area contributed by atoms with Crippen molar-refractivity contribution < 1.29 is 9.53 Å². The van der Waals surface area contributed by atoms with Crippen LogP contribution >= 0.6 is 0 Å². The molecule has 0 radical (unpaired) electrons. The number of carbonyl (C=O) groups is 1. The van der Waals surface area contributed by atoms with Gasteiger partial charge in [-0.2, -0.15) is 0 Å². The van der Waals surface area contributed by atoms with Crippen molar-refractivity contribution in [2.45, 2.75) is 12.5 Å². The van der Waals surface area contributed by atoms with Crippen LogP contribution in [0.3, 0.4) is 0 Å². The van der Waals surface area contributed by atoms with E-state index in [1.54, 1.807) is 6.08 Å². The van der Waals surface area contributed by atoms with Gasteiger partial charge in [-0.3, -0.25) is 0 Å². The van der Waals surface area contributed by atoms with Gasteiger partial charge < -0.3 is 10.5 Å². The van der Waals surface area contributed by atoms with Gasteiger partial charge in [-0.15, -0.1) is 0 Å². The first-order valence-electron chi connectivity index (χ1n) is 4.78. The van der Waals surface area contributed by atoms with Crippen molar-refractivity contribution in [2.24, 2.45) is 5.73 Å². The normalized spacial score (nSPS) is 12.7. The van der Waals surface area contributed by atoms with E-state index in [1.165, 1.54) is 13.2 Å². The highest BCUT2D eigenvalue weighted by Gasteiger charge is 2.00. The van der Waals surface area contributed by atoms with E-state index in [2.05, 4.69) is 4.74 Å². The van der Waals surface area contributed by atoms with Crippen LogP contribution in [0.15, 0.2) is 42.5 Å². The molecule has 0 saturated carbocycles. The lowest BCUT2D eigenvalue weighted by Crippen LogP contribution is -2.20. The summed E-state index contributed by atoms with van der Waals surface area (Å²) in [4.78, 5) is 10.8. The number of carbonyl (C=O) groups excluding carboxylic acids is 1. The van der Waals surface area contributed by atoms with E-state index >= 15 is 0 Å². The molecule has 0 fully saturated rings. The maximum absolute atomic E-state index is 10.8. The zero-order chi connectivity index (χ0) is 11.1. The molecule has 1 aromatic carbocycles. The quantitative estimate of drug-likeness (QED) is 0.595. The molecule has 2 N–H and O–H groups in total. The van der Waals surface area contributed by atoms with Crippen molar-refractivity contribution >= 4 is 5.97 Å². The molecule has 0 amide bonds. The molecule has 0 bridgehead atoms. The average molecular weight is 205 g/mol. The molecule has 80 valence electrons. The first-order valence-corrected chi connectivity index (χ1v) is 4.78. The summed E-state index contributed by atoms with van der Waals surface area (Å²) in [6.07, 6.45) is 3.72. The maximum atomic E-state index is 10.8. The Labute approximate surface area is 89.5 Å². The zero-order valence-electron chi connectivity index (χ0n) is 8.72. The fourth-order valence-corrected chi connectivity index (χ4v) is 1.22. The van der Waals surface area contributed by atoms with Crippen molar-refractivity contribution in [2.75, 3.05) is 7.11 Å². The van der Waals surface area contributed by atoms with Crippen LogP contribution in [-0.2, 0) is 16.0 Å². The molecule has 0 aliphatic carbocycles. The lowest BCUT2D eigenvalue weighted by atomic mass is 10.1. The molecule has 1 rings (SSSR count). The second-order valence-corrected chi connectivity index (χ2v) is 3.24. The van der Waals surface area contributed by atoms with E-state index < -0.39 is 0 Å². The third-order valence-corrected chi connectivity index (χ3v) is 1.99. The monoisotopic (exact) mass is 205 g/mol. The van der Waals surface area contributed by atoms with Gasteiger partial charge in [0.2, 0.25) is 0 Å². The van der Waals surface area contributed by atoms with Crippen LogP contribution in [0.4, 0.5) is 0 Å². The largest absolute Gasteiger partial charge is 0.466 e. The number of esters is 1. The number of rotatable bonds is 4. The van der Waals surface area contributed by atoms with Crippen molar-refractivity contribution in [1.82, 2.24) is 0 Å². The first-order chi connectivity index (χ1) is 7.22. The van der Waals surface area contributed by atoms with Crippen molar-refractivity contribution in [3.05, 3.63) is 48.0 Å². The Hall–Kier alpha value is -1.61. The molecule has 0 heterocycles. The van der Waals surface area contributed by atoms with E-state index in [4.69, 9.17) is 5.73 Å². The van der Waals surface area contributed by atoms with Crippen molar-refractivity contribution in [3.8, 4) is 0 Å². The van der Waals surface area contributed by atoms with Crippen LogP contribution in [0.25, 0.3) is 0 Å². The summed E-state index contributed by atoms with van der Waals surface area (Å²) in [5.41, 5.74) is 6.97. The van der Waals surface area contributed by atoms with Crippen molar-refractivity contribution in [3.63, 3.8) is 0 Å². The Morgan fingerprint density at radius 3 is 2.73 bits per heavy atom. The predicted octanol–water partition coefficient (Wildman–Crippen LogP) is 1.29. The molecule has 15 heavy (non-hydrogen) atoms. The topological polar surface area (TPSA) is 52.3 Å². The van der Waals surface area contributed by atoms with Gasteiger partial charge in [0, 0.05) is 12.1 Å². The molecule has 1 aromatic rings. The summed E-state index contributed by atoms with van der Waals surface area (Å²) in [5.74, 6) is -0.376. The fraction of sp³-hybridized carbons (Fsp3) is 0.250. The molecular formula is C12H15NO2. The molecule has 0 spiro atoms. The molecule has 0 aliphatic heterocycles. The maximum Gasteiger partial charge on any atom is 0.330 e. The van der Waals surface area contributed by atoms with Gasteiger partial charge in [0.25, 0.3) is 0 Å². The number of hydrogen-bond donors (Lipinski definition) is 1. The Kier molecular flexibility index (Phi) is 4.57. The Morgan fingerprint density at radius 1 is 1.47 bits per heavy atom. The summed E-state index contributed by atoms with van der Waals surface area (Å²) in [5, 5.41) is 0. The fourth-order valence-electron chi connectivity index (χ4n) is 1.22. The SMILES string of the molecule is COC(=O)/C=C/C(N)Cc1ccccc1. The van der Waals surface area contributed by atoms with E-state index in [0.717, 1.165) is 5.56 Å². The number of nitrogens with two attached hydrogens (primary N) is 1. The summed E-state index contributed by atoms with van der Waals surface area (Å²) in [6.45, 7) is 0. The van der Waals surface area contributed by atoms with Gasteiger partial charge in [0.1, 0.15) is 0 Å². The highest BCUT2D eigenvalue weighted by Crippen LogP contribution is 2.02. The molecule has 3 nitrogen and oxygen atoms in total.